The molecule has 0 radical (unpaired) electrons. The standard InChI is InChI=1S/2Ca.H2O4S.2H2O.4H/c;;1-5(2,3)4;;;;;;/h;;(H2,1,2,3,4);2*1H2;;;;/q2*+2;;;;4*-1. The van der Waals surface area contributed by atoms with E-state index in [1.165, 1.54) is 0 Å². The minimum absolute atomic E-state index is 0. The van der Waals surface area contributed by atoms with Gasteiger partial charge in [-0.15, -0.1) is 0 Å². The molecular formula is H10Ca2O6S. The minimum Gasteiger partial charge on any atom is -1.00 e. The smallest absolute Gasteiger partial charge is 1.00 e. The van der Waals surface area contributed by atoms with Crippen LogP contribution in [0.5, 0.6) is 0 Å². The molecule has 0 saturated carbocycles. The molecular weight excluding hydrogens is 208 g/mol. The Morgan fingerprint density at radius 3 is 1.00 bits per heavy atom. The summed E-state index contributed by atoms with van der Waals surface area (Å²) < 4.78 is 31.6. The van der Waals surface area contributed by atoms with Crippen molar-refractivity contribution in [1.29, 1.82) is 0 Å². The first-order chi connectivity index (χ1) is 2.00. The summed E-state index contributed by atoms with van der Waals surface area (Å²) in [7, 11) is -4.67. The molecule has 0 unspecified atom stereocenters. The average Bonchev–Trinajstić information content (AvgIpc) is 0.722. The van der Waals surface area contributed by atoms with Crippen LogP contribution in [0.25, 0.3) is 0 Å². The zero-order chi connectivity index (χ0) is 4.50. The van der Waals surface area contributed by atoms with Gasteiger partial charge in [0.05, 0.1) is 0 Å². The SMILES string of the molecule is O.O.O=S(=O)(O)O.[Ca+2].[Ca+2].[H-].[H-].[H-].[H-]. The summed E-state index contributed by atoms with van der Waals surface area (Å²) in [5, 5.41) is 0. The molecule has 6 N–H and O–H groups in total. The van der Waals surface area contributed by atoms with Crippen molar-refractivity contribution in [2.75, 3.05) is 0 Å². The molecule has 56 valence electrons. The summed E-state index contributed by atoms with van der Waals surface area (Å²) in [4.78, 5) is 0. The topological polar surface area (TPSA) is 138 Å². The molecule has 0 aromatic rings. The van der Waals surface area contributed by atoms with Crippen LogP contribution in [0.4, 0.5) is 0 Å². The van der Waals surface area contributed by atoms with E-state index in [0.717, 1.165) is 0 Å². The maximum atomic E-state index is 8.74. The van der Waals surface area contributed by atoms with Crippen LogP contribution in [-0.2, 0) is 10.4 Å². The van der Waals surface area contributed by atoms with Gasteiger partial charge < -0.3 is 16.7 Å². The van der Waals surface area contributed by atoms with Crippen molar-refractivity contribution in [3.8, 4) is 0 Å². The van der Waals surface area contributed by atoms with Crippen molar-refractivity contribution in [3.05, 3.63) is 0 Å². The van der Waals surface area contributed by atoms with Crippen LogP contribution in [0.3, 0.4) is 0 Å². The van der Waals surface area contributed by atoms with Gasteiger partial charge in [0.2, 0.25) is 0 Å². The van der Waals surface area contributed by atoms with Crippen molar-refractivity contribution in [3.63, 3.8) is 0 Å². The van der Waals surface area contributed by atoms with Gasteiger partial charge in [0.1, 0.15) is 0 Å². The Kier molecular flexibility index (Phi) is 43.4. The van der Waals surface area contributed by atoms with Gasteiger partial charge in [0.25, 0.3) is 0 Å². The third-order valence-corrected chi connectivity index (χ3v) is 0. The normalized spacial score (nSPS) is 6.44. The van der Waals surface area contributed by atoms with Crippen LogP contribution in [0.2, 0.25) is 0 Å². The van der Waals surface area contributed by atoms with Crippen molar-refractivity contribution >= 4 is 85.9 Å². The fourth-order valence-electron chi connectivity index (χ4n) is 0. The van der Waals surface area contributed by atoms with Crippen LogP contribution in [0.1, 0.15) is 5.71 Å². The van der Waals surface area contributed by atoms with Gasteiger partial charge in [-0.2, -0.15) is 8.42 Å². The van der Waals surface area contributed by atoms with E-state index >= 15 is 0 Å². The fraction of sp³-hybridized carbons (Fsp3) is 0. The largest absolute Gasteiger partial charge is 2.00 e. The van der Waals surface area contributed by atoms with E-state index in [4.69, 9.17) is 17.5 Å². The van der Waals surface area contributed by atoms with Crippen LogP contribution in [0, 0.1) is 0 Å². The van der Waals surface area contributed by atoms with Gasteiger partial charge in [0.15, 0.2) is 0 Å². The van der Waals surface area contributed by atoms with Crippen molar-refractivity contribution in [2.24, 2.45) is 0 Å². The number of hydrogen-bond acceptors (Lipinski definition) is 2. The van der Waals surface area contributed by atoms with Gasteiger partial charge in [-0.1, -0.05) is 0 Å². The van der Waals surface area contributed by atoms with Gasteiger partial charge >= 0.3 is 85.9 Å². The quantitative estimate of drug-likeness (QED) is 0.339. The first-order valence-electron chi connectivity index (χ1n) is 0.698. The Hall–Kier alpha value is 2.31. The van der Waals surface area contributed by atoms with E-state index in [0.29, 0.717) is 0 Å². The number of rotatable bonds is 0. The van der Waals surface area contributed by atoms with Crippen LogP contribution in [0.15, 0.2) is 0 Å². The first kappa shape index (κ1) is 30.2. The van der Waals surface area contributed by atoms with E-state index in [1.54, 1.807) is 0 Å². The molecule has 0 rings (SSSR count). The molecule has 0 aliphatic carbocycles. The predicted octanol–water partition coefficient (Wildman–Crippen LogP) is -2.61. The van der Waals surface area contributed by atoms with E-state index in [1.807, 2.05) is 0 Å². The van der Waals surface area contributed by atoms with E-state index in [9.17, 15) is 0 Å². The Balaban J connectivity index is -0.00000000286. The molecule has 6 nitrogen and oxygen atoms in total. The zero-order valence-corrected chi connectivity index (χ0v) is 9.77. The Morgan fingerprint density at radius 1 is 1.00 bits per heavy atom. The molecule has 0 aliphatic heterocycles. The second kappa shape index (κ2) is 12.9. The second-order valence-corrected chi connectivity index (χ2v) is 1.34. The average molecular weight is 218 g/mol. The molecule has 9 heteroatoms. The van der Waals surface area contributed by atoms with Crippen molar-refractivity contribution < 1.29 is 34.2 Å². The maximum Gasteiger partial charge on any atom is 2.00 e. The molecule has 0 saturated heterocycles. The molecule has 0 heterocycles. The third-order valence-electron chi connectivity index (χ3n) is 0. The zero-order valence-electron chi connectivity index (χ0n) is 8.53. The first-order valence-corrected chi connectivity index (χ1v) is 2.10. The molecule has 0 fully saturated rings. The summed E-state index contributed by atoms with van der Waals surface area (Å²) >= 11 is 0. The summed E-state index contributed by atoms with van der Waals surface area (Å²) in [5.74, 6) is 0. The summed E-state index contributed by atoms with van der Waals surface area (Å²) in [6.45, 7) is 0. The van der Waals surface area contributed by atoms with Gasteiger partial charge in [-0.3, -0.25) is 9.11 Å². The van der Waals surface area contributed by atoms with Gasteiger partial charge in [-0.05, 0) is 0 Å². The molecule has 0 bridgehead atoms. The monoisotopic (exact) mass is 218 g/mol. The summed E-state index contributed by atoms with van der Waals surface area (Å²) in [6, 6.07) is 0. The van der Waals surface area contributed by atoms with Crippen molar-refractivity contribution in [1.82, 2.24) is 0 Å². The van der Waals surface area contributed by atoms with E-state index < -0.39 is 10.4 Å². The molecule has 0 aliphatic rings. The van der Waals surface area contributed by atoms with E-state index in [-0.39, 0.29) is 92.1 Å². The molecule has 0 aromatic heterocycles. The predicted molar refractivity (Wildman–Crippen MR) is 37.4 cm³/mol. The van der Waals surface area contributed by atoms with Gasteiger partial charge in [0, 0.05) is 0 Å². The van der Waals surface area contributed by atoms with E-state index in [2.05, 4.69) is 0 Å². The van der Waals surface area contributed by atoms with Crippen LogP contribution < -0.4 is 0 Å². The molecule has 0 aromatic carbocycles. The molecule has 9 heavy (non-hydrogen) atoms. The van der Waals surface area contributed by atoms with Crippen LogP contribution >= 0.6 is 0 Å². The Bertz CT molecular complexity index is 106. The summed E-state index contributed by atoms with van der Waals surface area (Å²) in [5.41, 5.74) is 0. The maximum absolute atomic E-state index is 8.74. The fourth-order valence-corrected chi connectivity index (χ4v) is 0. The molecule has 0 amide bonds. The van der Waals surface area contributed by atoms with Crippen molar-refractivity contribution in [2.45, 2.75) is 0 Å². The molecule has 0 spiro atoms. The third kappa shape index (κ3) is 133. The van der Waals surface area contributed by atoms with Crippen LogP contribution in [-0.4, -0.2) is 104 Å². The second-order valence-electron chi connectivity index (χ2n) is 0.448. The number of hydrogen-bond donors (Lipinski definition) is 2. The Morgan fingerprint density at radius 2 is 1.00 bits per heavy atom. The summed E-state index contributed by atoms with van der Waals surface area (Å²) in [6.07, 6.45) is 0. The molecule has 0 atom stereocenters. The van der Waals surface area contributed by atoms with Gasteiger partial charge in [-0.25, -0.2) is 0 Å². The Labute approximate surface area is 118 Å². The minimum atomic E-state index is -4.67.